The first-order valence-electron chi connectivity index (χ1n) is 8.86. The highest BCUT2D eigenvalue weighted by Gasteiger charge is 2.17. The Kier molecular flexibility index (Phi) is 5.33. The van der Waals surface area contributed by atoms with Gasteiger partial charge in [0.2, 0.25) is 0 Å². The van der Waals surface area contributed by atoms with Crippen LogP contribution in [0.4, 0.5) is 0 Å². The van der Waals surface area contributed by atoms with Crippen LogP contribution < -0.4 is 0 Å². The van der Waals surface area contributed by atoms with Gasteiger partial charge in [0.25, 0.3) is 0 Å². The third-order valence-corrected chi connectivity index (χ3v) is 5.51. The van der Waals surface area contributed by atoms with Gasteiger partial charge in [-0.2, -0.15) is 0 Å². The Balaban J connectivity index is 2.01. The lowest BCUT2D eigenvalue weighted by molar-refractivity contribution is 0.930. The minimum atomic E-state index is 1.10. The van der Waals surface area contributed by atoms with Gasteiger partial charge in [-0.3, -0.25) is 8.96 Å². The fourth-order valence-corrected chi connectivity index (χ4v) is 4.03. The SMILES string of the molecule is CCCC1=C(C)/C(=C/c2ccc(-c3ccc(C)cc3)n2SC)N=C1C. The molecule has 25 heavy (non-hydrogen) atoms. The van der Waals surface area contributed by atoms with Crippen LogP contribution in [0.1, 0.15) is 44.9 Å². The lowest BCUT2D eigenvalue weighted by atomic mass is 10.0. The fourth-order valence-electron chi connectivity index (χ4n) is 3.34. The summed E-state index contributed by atoms with van der Waals surface area (Å²) in [7, 11) is 0. The molecule has 2 heterocycles. The zero-order valence-corrected chi connectivity index (χ0v) is 16.6. The summed E-state index contributed by atoms with van der Waals surface area (Å²) in [5.41, 5.74) is 9.96. The predicted molar refractivity (Wildman–Crippen MR) is 112 cm³/mol. The van der Waals surface area contributed by atoms with Crippen molar-refractivity contribution in [2.45, 2.75) is 40.5 Å². The topological polar surface area (TPSA) is 17.3 Å². The number of allylic oxidation sites excluding steroid dienone is 2. The lowest BCUT2D eigenvalue weighted by Gasteiger charge is -2.09. The Labute approximate surface area is 155 Å². The van der Waals surface area contributed by atoms with Gasteiger partial charge in [-0.1, -0.05) is 43.2 Å². The molecule has 0 unspecified atom stereocenters. The van der Waals surface area contributed by atoms with Crippen LogP contribution in [-0.4, -0.2) is 15.9 Å². The summed E-state index contributed by atoms with van der Waals surface area (Å²) in [6.45, 7) is 8.67. The van der Waals surface area contributed by atoms with E-state index in [1.54, 1.807) is 11.9 Å². The highest BCUT2D eigenvalue weighted by Crippen LogP contribution is 2.32. The molecule has 0 amide bonds. The van der Waals surface area contributed by atoms with Gasteiger partial charge in [-0.25, -0.2) is 0 Å². The van der Waals surface area contributed by atoms with Crippen molar-refractivity contribution in [3.05, 3.63) is 64.5 Å². The zero-order chi connectivity index (χ0) is 18.0. The van der Waals surface area contributed by atoms with Crippen molar-refractivity contribution in [3.8, 4) is 11.3 Å². The monoisotopic (exact) mass is 350 g/mol. The number of hydrogen-bond donors (Lipinski definition) is 0. The van der Waals surface area contributed by atoms with Crippen molar-refractivity contribution in [3.63, 3.8) is 0 Å². The molecule has 1 aromatic carbocycles. The Morgan fingerprint density at radius 3 is 2.40 bits per heavy atom. The van der Waals surface area contributed by atoms with Crippen LogP contribution in [0.15, 0.2) is 58.2 Å². The Bertz CT molecular complexity index is 864. The molecule has 0 bridgehead atoms. The van der Waals surface area contributed by atoms with Gasteiger partial charge in [0, 0.05) is 12.0 Å². The molecule has 0 atom stereocenters. The Morgan fingerprint density at radius 2 is 1.76 bits per heavy atom. The molecule has 2 nitrogen and oxygen atoms in total. The first kappa shape index (κ1) is 17.8. The van der Waals surface area contributed by atoms with Crippen molar-refractivity contribution >= 4 is 23.7 Å². The molecule has 1 aliphatic rings. The molecule has 0 N–H and O–H groups in total. The average Bonchev–Trinajstić information content (AvgIpc) is 3.12. The van der Waals surface area contributed by atoms with Gasteiger partial charge in [0.05, 0.1) is 17.1 Å². The molecular weight excluding hydrogens is 324 g/mol. The largest absolute Gasteiger partial charge is 0.284 e. The Morgan fingerprint density at radius 1 is 1.04 bits per heavy atom. The molecule has 0 fully saturated rings. The molecule has 3 rings (SSSR count). The van der Waals surface area contributed by atoms with E-state index in [4.69, 9.17) is 4.99 Å². The molecule has 130 valence electrons. The fraction of sp³-hybridized carbons (Fsp3) is 0.318. The molecule has 0 aliphatic carbocycles. The maximum atomic E-state index is 4.81. The Hall–Kier alpha value is -2.00. The van der Waals surface area contributed by atoms with Gasteiger partial charge >= 0.3 is 0 Å². The van der Waals surface area contributed by atoms with Gasteiger partial charge < -0.3 is 0 Å². The highest BCUT2D eigenvalue weighted by molar-refractivity contribution is 7.97. The lowest BCUT2D eigenvalue weighted by Crippen LogP contribution is -1.94. The van der Waals surface area contributed by atoms with E-state index < -0.39 is 0 Å². The summed E-state index contributed by atoms with van der Waals surface area (Å²) in [4.78, 5) is 4.81. The minimum Gasteiger partial charge on any atom is -0.284 e. The van der Waals surface area contributed by atoms with E-state index in [9.17, 15) is 0 Å². The zero-order valence-electron chi connectivity index (χ0n) is 15.8. The molecule has 0 saturated carbocycles. The maximum absolute atomic E-state index is 4.81. The number of benzene rings is 1. The normalized spacial score (nSPS) is 16.0. The minimum absolute atomic E-state index is 1.10. The van der Waals surface area contributed by atoms with E-state index >= 15 is 0 Å². The molecule has 2 aromatic rings. The first-order valence-corrected chi connectivity index (χ1v) is 10.0. The van der Waals surface area contributed by atoms with E-state index in [0.717, 1.165) is 18.5 Å². The van der Waals surface area contributed by atoms with Gasteiger partial charge in [-0.05, 0) is 74.1 Å². The van der Waals surface area contributed by atoms with Crippen molar-refractivity contribution in [2.75, 3.05) is 6.26 Å². The number of aryl methyl sites for hydroxylation is 1. The van der Waals surface area contributed by atoms with Crippen LogP contribution in [0.3, 0.4) is 0 Å². The van der Waals surface area contributed by atoms with Crippen molar-refractivity contribution in [1.82, 2.24) is 3.97 Å². The average molecular weight is 351 g/mol. The molecular formula is C22H26N2S. The summed E-state index contributed by atoms with van der Waals surface area (Å²) in [5.74, 6) is 0. The second-order valence-electron chi connectivity index (χ2n) is 6.57. The van der Waals surface area contributed by atoms with Gasteiger partial charge in [-0.15, -0.1) is 0 Å². The van der Waals surface area contributed by atoms with Gasteiger partial charge in [0.15, 0.2) is 0 Å². The number of aromatic nitrogens is 1. The van der Waals surface area contributed by atoms with Crippen molar-refractivity contribution < 1.29 is 0 Å². The third-order valence-electron chi connectivity index (χ3n) is 4.74. The van der Waals surface area contributed by atoms with Crippen LogP contribution in [0, 0.1) is 6.92 Å². The van der Waals surface area contributed by atoms with Crippen molar-refractivity contribution in [1.29, 1.82) is 0 Å². The predicted octanol–water partition coefficient (Wildman–Crippen LogP) is 6.52. The molecule has 3 heteroatoms. The molecule has 1 aliphatic heterocycles. The standard InChI is InChI=1S/C22H26N2S/c1-6-7-20-16(3)21(23-17(20)4)14-19-12-13-22(24(19)25-5)18-10-8-15(2)9-11-18/h8-14H,6-7H2,1-5H3/b21-14-. The summed E-state index contributed by atoms with van der Waals surface area (Å²) in [6.07, 6.45) is 6.60. The van der Waals surface area contributed by atoms with Crippen LogP contribution in [0.2, 0.25) is 0 Å². The van der Waals surface area contributed by atoms with E-state index in [1.165, 1.54) is 39.4 Å². The summed E-state index contributed by atoms with van der Waals surface area (Å²) in [5, 5.41) is 0. The number of nitrogens with zero attached hydrogens (tertiary/aromatic N) is 2. The van der Waals surface area contributed by atoms with E-state index in [0.29, 0.717) is 0 Å². The van der Waals surface area contributed by atoms with Crippen LogP contribution in [-0.2, 0) is 0 Å². The van der Waals surface area contributed by atoms with Gasteiger partial charge in [0.1, 0.15) is 0 Å². The smallest absolute Gasteiger partial charge is 0.0686 e. The maximum Gasteiger partial charge on any atom is 0.0686 e. The van der Waals surface area contributed by atoms with Crippen LogP contribution in [0.5, 0.6) is 0 Å². The second-order valence-corrected chi connectivity index (χ2v) is 7.30. The van der Waals surface area contributed by atoms with Crippen molar-refractivity contribution in [2.24, 2.45) is 4.99 Å². The number of hydrogen-bond acceptors (Lipinski definition) is 2. The first-order chi connectivity index (χ1) is 12.0. The number of rotatable bonds is 5. The van der Waals surface area contributed by atoms with Crippen LogP contribution in [0.25, 0.3) is 17.3 Å². The molecule has 1 aromatic heterocycles. The van der Waals surface area contributed by atoms with Crippen LogP contribution >= 0.6 is 11.9 Å². The summed E-state index contributed by atoms with van der Waals surface area (Å²) >= 11 is 1.73. The summed E-state index contributed by atoms with van der Waals surface area (Å²) in [6, 6.07) is 13.1. The number of aliphatic imine (C=N–C) groups is 1. The second kappa shape index (κ2) is 7.49. The molecule has 0 radical (unpaired) electrons. The van der Waals surface area contributed by atoms with E-state index in [2.05, 4.69) is 80.4 Å². The van der Waals surface area contributed by atoms with E-state index in [1.807, 2.05) is 0 Å². The van der Waals surface area contributed by atoms with E-state index in [-0.39, 0.29) is 0 Å². The highest BCUT2D eigenvalue weighted by atomic mass is 32.2. The third kappa shape index (κ3) is 3.52. The molecule has 0 spiro atoms. The quantitative estimate of drug-likeness (QED) is 0.600. The molecule has 0 saturated heterocycles. The summed E-state index contributed by atoms with van der Waals surface area (Å²) < 4.78 is 2.29.